The van der Waals surface area contributed by atoms with Crippen molar-refractivity contribution >= 4 is 11.6 Å². The number of aromatic nitrogens is 5. The van der Waals surface area contributed by atoms with Gasteiger partial charge in [-0.1, -0.05) is 6.07 Å². The molecule has 0 atom stereocenters. The third-order valence-corrected chi connectivity index (χ3v) is 5.85. The van der Waals surface area contributed by atoms with Crippen LogP contribution in [0.3, 0.4) is 0 Å². The highest BCUT2D eigenvalue weighted by atomic mass is 16.1. The van der Waals surface area contributed by atoms with Gasteiger partial charge in [0.25, 0.3) is 5.56 Å². The molecule has 1 saturated heterocycles. The van der Waals surface area contributed by atoms with Crippen molar-refractivity contribution in [3.63, 3.8) is 0 Å². The van der Waals surface area contributed by atoms with Crippen molar-refractivity contribution in [2.75, 3.05) is 37.6 Å². The largest absolute Gasteiger partial charge is 0.338 e. The Kier molecular flexibility index (Phi) is 4.56. The van der Waals surface area contributed by atoms with E-state index in [1.807, 2.05) is 28.8 Å². The minimum absolute atomic E-state index is 0.0363. The summed E-state index contributed by atoms with van der Waals surface area (Å²) in [6.45, 7) is 5.20. The fraction of sp³-hybridized carbons (Fsp3) is 0.500. The summed E-state index contributed by atoms with van der Waals surface area (Å²) >= 11 is 0. The smallest absolute Gasteiger partial charge is 0.267 e. The second-order valence-electron chi connectivity index (χ2n) is 7.64. The van der Waals surface area contributed by atoms with E-state index in [4.69, 9.17) is 0 Å². The molecule has 0 radical (unpaired) electrons. The first kappa shape index (κ1) is 17.4. The minimum atomic E-state index is 0.0363. The predicted molar refractivity (Wildman–Crippen MR) is 107 cm³/mol. The standard InChI is InChI=1S/C20H25N7O/c28-19-15-16-5-1-2-6-17(16)23-27(19)14-11-24-9-12-25(13-10-24)20-22-21-18-7-3-4-8-26(18)20/h3-4,7-8,15H,1-2,5-6,9-14H2. The van der Waals surface area contributed by atoms with Crippen molar-refractivity contribution in [2.45, 2.75) is 32.2 Å². The van der Waals surface area contributed by atoms with Gasteiger partial charge in [0, 0.05) is 45.0 Å². The maximum absolute atomic E-state index is 12.4. The molecular formula is C20H25N7O. The molecule has 0 unspecified atom stereocenters. The number of anilines is 1. The van der Waals surface area contributed by atoms with Crippen LogP contribution in [0.5, 0.6) is 0 Å². The Morgan fingerprint density at radius 3 is 2.71 bits per heavy atom. The van der Waals surface area contributed by atoms with Crippen molar-refractivity contribution < 1.29 is 0 Å². The van der Waals surface area contributed by atoms with E-state index in [2.05, 4.69) is 25.1 Å². The number of nitrogens with zero attached hydrogens (tertiary/aromatic N) is 7. The molecule has 2 aliphatic rings. The Labute approximate surface area is 163 Å². The lowest BCUT2D eigenvalue weighted by atomic mass is 9.97. The van der Waals surface area contributed by atoms with Gasteiger partial charge in [0.15, 0.2) is 5.65 Å². The zero-order valence-electron chi connectivity index (χ0n) is 16.0. The molecule has 3 aromatic rings. The molecule has 3 aromatic heterocycles. The van der Waals surface area contributed by atoms with E-state index in [1.165, 1.54) is 12.8 Å². The maximum atomic E-state index is 12.4. The van der Waals surface area contributed by atoms with E-state index in [0.29, 0.717) is 6.54 Å². The summed E-state index contributed by atoms with van der Waals surface area (Å²) in [6, 6.07) is 7.74. The van der Waals surface area contributed by atoms with Gasteiger partial charge in [-0.25, -0.2) is 4.68 Å². The Bertz CT molecular complexity index is 1030. The Balaban J connectivity index is 1.21. The summed E-state index contributed by atoms with van der Waals surface area (Å²) in [5, 5.41) is 13.2. The monoisotopic (exact) mass is 379 g/mol. The second-order valence-corrected chi connectivity index (χ2v) is 7.64. The first-order valence-corrected chi connectivity index (χ1v) is 10.1. The molecule has 146 valence electrons. The van der Waals surface area contributed by atoms with Gasteiger partial charge in [0.1, 0.15) is 0 Å². The van der Waals surface area contributed by atoms with Crippen molar-refractivity contribution in [1.29, 1.82) is 0 Å². The van der Waals surface area contributed by atoms with Crippen LogP contribution in [-0.2, 0) is 19.4 Å². The molecule has 0 amide bonds. The number of hydrogen-bond acceptors (Lipinski definition) is 6. The fourth-order valence-corrected chi connectivity index (χ4v) is 4.21. The SMILES string of the molecule is O=c1cc2c(nn1CCN1CCN(c3nnc4ccccn34)CC1)CCCC2. The summed E-state index contributed by atoms with van der Waals surface area (Å²) in [5.41, 5.74) is 3.18. The summed E-state index contributed by atoms with van der Waals surface area (Å²) in [7, 11) is 0. The molecule has 28 heavy (non-hydrogen) atoms. The van der Waals surface area contributed by atoms with Crippen LogP contribution < -0.4 is 10.5 Å². The highest BCUT2D eigenvalue weighted by Gasteiger charge is 2.21. The van der Waals surface area contributed by atoms with E-state index in [1.54, 1.807) is 10.7 Å². The summed E-state index contributed by atoms with van der Waals surface area (Å²) < 4.78 is 3.69. The van der Waals surface area contributed by atoms with E-state index in [0.717, 1.165) is 68.4 Å². The Hall–Kier alpha value is -2.74. The van der Waals surface area contributed by atoms with Gasteiger partial charge in [-0.05, 0) is 43.4 Å². The number of hydrogen-bond donors (Lipinski definition) is 0. The zero-order chi connectivity index (χ0) is 18.9. The lowest BCUT2D eigenvalue weighted by Gasteiger charge is -2.34. The fourth-order valence-electron chi connectivity index (χ4n) is 4.21. The van der Waals surface area contributed by atoms with Gasteiger partial charge >= 0.3 is 0 Å². The first-order chi connectivity index (χ1) is 13.8. The molecule has 0 bridgehead atoms. The molecular weight excluding hydrogens is 354 g/mol. The van der Waals surface area contributed by atoms with Crippen LogP contribution >= 0.6 is 0 Å². The van der Waals surface area contributed by atoms with Gasteiger partial charge in [-0.3, -0.25) is 14.1 Å². The van der Waals surface area contributed by atoms with Crippen molar-refractivity contribution in [1.82, 2.24) is 29.3 Å². The van der Waals surface area contributed by atoms with Gasteiger partial charge in [-0.2, -0.15) is 5.10 Å². The third kappa shape index (κ3) is 3.28. The van der Waals surface area contributed by atoms with Gasteiger partial charge in [0.05, 0.1) is 12.2 Å². The van der Waals surface area contributed by atoms with Gasteiger partial charge in [0.2, 0.25) is 5.95 Å². The zero-order valence-corrected chi connectivity index (χ0v) is 16.0. The molecule has 5 rings (SSSR count). The number of pyridine rings is 1. The van der Waals surface area contributed by atoms with Crippen molar-refractivity contribution in [3.8, 4) is 0 Å². The molecule has 1 aliphatic heterocycles. The van der Waals surface area contributed by atoms with Gasteiger partial charge in [-0.15, -0.1) is 10.2 Å². The topological polar surface area (TPSA) is 71.6 Å². The molecule has 4 heterocycles. The predicted octanol–water partition coefficient (Wildman–Crippen LogP) is 0.987. The van der Waals surface area contributed by atoms with Crippen LogP contribution in [0.25, 0.3) is 5.65 Å². The van der Waals surface area contributed by atoms with Crippen LogP contribution in [0, 0.1) is 0 Å². The second kappa shape index (κ2) is 7.35. The average molecular weight is 379 g/mol. The minimum Gasteiger partial charge on any atom is -0.338 e. The van der Waals surface area contributed by atoms with Crippen molar-refractivity contribution in [2.24, 2.45) is 0 Å². The van der Waals surface area contributed by atoms with E-state index < -0.39 is 0 Å². The average Bonchev–Trinajstić information content (AvgIpc) is 3.17. The van der Waals surface area contributed by atoms with Crippen LogP contribution in [0.1, 0.15) is 24.1 Å². The van der Waals surface area contributed by atoms with Crippen molar-refractivity contribution in [3.05, 3.63) is 52.1 Å². The van der Waals surface area contributed by atoms with Crippen LogP contribution in [0.4, 0.5) is 5.95 Å². The molecule has 1 fully saturated rings. The molecule has 1 aliphatic carbocycles. The Morgan fingerprint density at radius 1 is 0.964 bits per heavy atom. The highest BCUT2D eigenvalue weighted by Crippen LogP contribution is 2.17. The molecule has 0 N–H and O–H groups in total. The molecule has 8 nitrogen and oxygen atoms in total. The van der Waals surface area contributed by atoms with Gasteiger partial charge < -0.3 is 4.90 Å². The van der Waals surface area contributed by atoms with E-state index >= 15 is 0 Å². The van der Waals surface area contributed by atoms with Crippen LogP contribution in [-0.4, -0.2) is 62.0 Å². The summed E-state index contributed by atoms with van der Waals surface area (Å²) in [6.07, 6.45) is 6.35. The third-order valence-electron chi connectivity index (χ3n) is 5.85. The molecule has 8 heteroatoms. The Morgan fingerprint density at radius 2 is 1.82 bits per heavy atom. The lowest BCUT2D eigenvalue weighted by Crippen LogP contribution is -2.48. The quantitative estimate of drug-likeness (QED) is 0.673. The number of fused-ring (bicyclic) bond motifs is 2. The molecule has 0 aromatic carbocycles. The normalized spacial score (nSPS) is 17.8. The molecule has 0 saturated carbocycles. The first-order valence-electron chi connectivity index (χ1n) is 10.1. The van der Waals surface area contributed by atoms with Crippen LogP contribution in [0.15, 0.2) is 35.3 Å². The lowest BCUT2D eigenvalue weighted by molar-refractivity contribution is 0.241. The number of piperazine rings is 1. The molecule has 0 spiro atoms. The maximum Gasteiger partial charge on any atom is 0.267 e. The van der Waals surface area contributed by atoms with Crippen LogP contribution in [0.2, 0.25) is 0 Å². The van der Waals surface area contributed by atoms with E-state index in [-0.39, 0.29) is 5.56 Å². The number of aryl methyl sites for hydroxylation is 2. The summed E-state index contributed by atoms with van der Waals surface area (Å²) in [5.74, 6) is 0.905. The summed E-state index contributed by atoms with van der Waals surface area (Å²) in [4.78, 5) is 17.0. The van der Waals surface area contributed by atoms with E-state index in [9.17, 15) is 4.79 Å². The highest BCUT2D eigenvalue weighted by molar-refractivity contribution is 5.46. The number of rotatable bonds is 4.